The number of nitrogens with one attached hydrogen (secondary N) is 1. The van der Waals surface area contributed by atoms with Crippen molar-refractivity contribution in [2.24, 2.45) is 0 Å². The summed E-state index contributed by atoms with van der Waals surface area (Å²) in [7, 11) is 0. The molecule has 2 aliphatic rings. The molecule has 23 heavy (non-hydrogen) atoms. The fraction of sp³-hybridized carbons (Fsp3) is 0.467. The highest BCUT2D eigenvalue weighted by molar-refractivity contribution is 6.06. The fourth-order valence-corrected chi connectivity index (χ4v) is 2.80. The lowest BCUT2D eigenvalue weighted by atomic mass is 10.0. The van der Waals surface area contributed by atoms with Gasteiger partial charge in [-0.2, -0.15) is 13.2 Å². The van der Waals surface area contributed by atoms with Crippen LogP contribution >= 0.6 is 0 Å². The van der Waals surface area contributed by atoms with Gasteiger partial charge in [0.1, 0.15) is 12.6 Å². The van der Waals surface area contributed by atoms with E-state index in [1.807, 2.05) is 12.1 Å². The van der Waals surface area contributed by atoms with E-state index in [-0.39, 0.29) is 11.3 Å². The maximum atomic E-state index is 12.4. The van der Waals surface area contributed by atoms with E-state index < -0.39 is 30.6 Å². The van der Waals surface area contributed by atoms with Gasteiger partial charge in [0, 0.05) is 5.69 Å². The Hall–Kier alpha value is -2.09. The molecule has 1 aromatic carbocycles. The third kappa shape index (κ3) is 3.47. The first-order valence-corrected chi connectivity index (χ1v) is 7.20. The molecular formula is C15H15F3N2O3. The van der Waals surface area contributed by atoms with Crippen molar-refractivity contribution >= 4 is 17.5 Å². The highest BCUT2D eigenvalue weighted by atomic mass is 19.4. The predicted octanol–water partition coefficient (Wildman–Crippen LogP) is 1.86. The summed E-state index contributed by atoms with van der Waals surface area (Å²) < 4.78 is 42.6. The Kier molecular flexibility index (Phi) is 4.01. The minimum absolute atomic E-state index is 0.268. The van der Waals surface area contributed by atoms with Crippen LogP contribution in [0.1, 0.15) is 17.5 Å². The molecule has 1 saturated heterocycles. The number of imide groups is 1. The molecule has 8 heteroatoms. The lowest BCUT2D eigenvalue weighted by molar-refractivity contribution is -0.165. The van der Waals surface area contributed by atoms with E-state index in [9.17, 15) is 22.8 Å². The Labute approximate surface area is 130 Å². The first-order valence-electron chi connectivity index (χ1n) is 7.20. The van der Waals surface area contributed by atoms with Crippen LogP contribution in [0.3, 0.4) is 0 Å². The zero-order valence-electron chi connectivity index (χ0n) is 12.2. The summed E-state index contributed by atoms with van der Waals surface area (Å²) in [6.45, 7) is -0.406. The zero-order valence-corrected chi connectivity index (χ0v) is 12.2. The number of amides is 2. The normalized spacial score (nSPS) is 21.5. The molecule has 2 heterocycles. The van der Waals surface area contributed by atoms with Gasteiger partial charge in [0.25, 0.3) is 5.91 Å². The summed E-state index contributed by atoms with van der Waals surface area (Å²) in [5, 5.41) is 2.87. The zero-order chi connectivity index (χ0) is 16.6. The van der Waals surface area contributed by atoms with Crippen LogP contribution in [0.2, 0.25) is 0 Å². The van der Waals surface area contributed by atoms with Gasteiger partial charge >= 0.3 is 6.18 Å². The number of hydrogen-bond acceptors (Lipinski definition) is 4. The Bertz CT molecular complexity index is 645. The average Bonchev–Trinajstić information content (AvgIpc) is 2.73. The van der Waals surface area contributed by atoms with Crippen molar-refractivity contribution in [2.75, 3.05) is 18.5 Å². The van der Waals surface area contributed by atoms with Crippen LogP contribution in [0.5, 0.6) is 0 Å². The summed E-state index contributed by atoms with van der Waals surface area (Å²) in [6, 6.07) is 4.48. The van der Waals surface area contributed by atoms with Crippen molar-refractivity contribution in [3.63, 3.8) is 0 Å². The highest BCUT2D eigenvalue weighted by Gasteiger charge is 2.44. The number of nitrogens with zero attached hydrogens (tertiary/aromatic N) is 1. The van der Waals surface area contributed by atoms with Gasteiger partial charge in [0.15, 0.2) is 0 Å². The van der Waals surface area contributed by atoms with Crippen LogP contribution < -0.4 is 5.32 Å². The molecule has 0 aromatic heterocycles. The number of carbonyl (C=O) groups is 2. The number of alkyl halides is 3. The maximum Gasteiger partial charge on any atom is 0.406 e. The molecule has 1 N–H and O–H groups in total. The number of likely N-dealkylation sites (tertiary alicyclic amines) is 1. The molecule has 1 aromatic rings. The summed E-state index contributed by atoms with van der Waals surface area (Å²) in [4.78, 5) is 23.9. The predicted molar refractivity (Wildman–Crippen MR) is 74.6 cm³/mol. The molecule has 0 aliphatic carbocycles. The lowest BCUT2D eigenvalue weighted by Crippen LogP contribution is -2.40. The van der Waals surface area contributed by atoms with Gasteiger partial charge in [0.05, 0.1) is 19.6 Å². The number of fused-ring (bicyclic) bond motifs is 1. The van der Waals surface area contributed by atoms with Gasteiger partial charge in [0.2, 0.25) is 5.91 Å². The van der Waals surface area contributed by atoms with Crippen molar-refractivity contribution in [3.05, 3.63) is 29.3 Å². The fourth-order valence-electron chi connectivity index (χ4n) is 2.80. The number of benzene rings is 1. The standard InChI is InChI=1S/C15H15F3N2O3/c16-15(17,18)8-20-13(21)6-12(14(20)22)19-11-2-1-10-7-23-4-3-9(10)5-11/h1-2,5,12,19H,3-4,6-8H2. The number of hydrogen-bond donors (Lipinski definition) is 1. The van der Waals surface area contributed by atoms with Crippen LogP contribution in [-0.2, 0) is 27.4 Å². The summed E-state index contributed by atoms with van der Waals surface area (Å²) in [5.74, 6) is -1.65. The summed E-state index contributed by atoms with van der Waals surface area (Å²) in [5.41, 5.74) is 2.74. The van der Waals surface area contributed by atoms with Crippen molar-refractivity contribution in [1.29, 1.82) is 0 Å². The average molecular weight is 328 g/mol. The van der Waals surface area contributed by atoms with Crippen molar-refractivity contribution in [2.45, 2.75) is 31.7 Å². The molecule has 0 radical (unpaired) electrons. The molecule has 5 nitrogen and oxygen atoms in total. The first kappa shape index (κ1) is 15.8. The number of ether oxygens (including phenoxy) is 1. The number of anilines is 1. The molecular weight excluding hydrogens is 313 g/mol. The van der Waals surface area contributed by atoms with E-state index in [4.69, 9.17) is 4.74 Å². The second-order valence-corrected chi connectivity index (χ2v) is 5.62. The smallest absolute Gasteiger partial charge is 0.376 e. The molecule has 2 amide bonds. The highest BCUT2D eigenvalue weighted by Crippen LogP contribution is 2.26. The second-order valence-electron chi connectivity index (χ2n) is 5.62. The van der Waals surface area contributed by atoms with Gasteiger partial charge in [-0.15, -0.1) is 0 Å². The van der Waals surface area contributed by atoms with E-state index >= 15 is 0 Å². The largest absolute Gasteiger partial charge is 0.406 e. The molecule has 0 spiro atoms. The van der Waals surface area contributed by atoms with Crippen LogP contribution in [-0.4, -0.2) is 42.1 Å². The molecule has 0 saturated carbocycles. The van der Waals surface area contributed by atoms with E-state index in [0.29, 0.717) is 18.9 Å². The molecule has 1 fully saturated rings. The van der Waals surface area contributed by atoms with Crippen LogP contribution in [0.4, 0.5) is 18.9 Å². The minimum Gasteiger partial charge on any atom is -0.376 e. The second kappa shape index (κ2) is 5.84. The van der Waals surface area contributed by atoms with Crippen LogP contribution in [0, 0.1) is 0 Å². The van der Waals surface area contributed by atoms with Gasteiger partial charge in [-0.3, -0.25) is 14.5 Å². The molecule has 3 rings (SSSR count). The minimum atomic E-state index is -4.59. The number of rotatable bonds is 3. The summed E-state index contributed by atoms with van der Waals surface area (Å²) >= 11 is 0. The first-order chi connectivity index (χ1) is 10.8. The summed E-state index contributed by atoms with van der Waals surface area (Å²) in [6.07, 6.45) is -4.12. The maximum absolute atomic E-state index is 12.4. The lowest BCUT2D eigenvalue weighted by Gasteiger charge is -2.20. The molecule has 1 atom stereocenters. The van der Waals surface area contributed by atoms with Crippen molar-refractivity contribution in [1.82, 2.24) is 4.90 Å². The number of halogens is 3. The SMILES string of the molecule is O=C1CC(Nc2ccc3c(c2)CCOC3)C(=O)N1CC(F)(F)F. The molecule has 0 bridgehead atoms. The number of carbonyl (C=O) groups excluding carboxylic acids is 2. The van der Waals surface area contributed by atoms with E-state index in [0.717, 1.165) is 17.5 Å². The Morgan fingerprint density at radius 1 is 1.26 bits per heavy atom. The van der Waals surface area contributed by atoms with E-state index in [1.165, 1.54) is 0 Å². The van der Waals surface area contributed by atoms with Gasteiger partial charge in [-0.1, -0.05) is 6.07 Å². The van der Waals surface area contributed by atoms with Crippen LogP contribution in [0.15, 0.2) is 18.2 Å². The third-order valence-electron chi connectivity index (χ3n) is 3.90. The van der Waals surface area contributed by atoms with Gasteiger partial charge in [-0.05, 0) is 29.7 Å². The van der Waals surface area contributed by atoms with Crippen molar-refractivity contribution < 1.29 is 27.5 Å². The van der Waals surface area contributed by atoms with E-state index in [1.54, 1.807) is 6.07 Å². The quantitative estimate of drug-likeness (QED) is 0.861. The molecule has 2 aliphatic heterocycles. The Balaban J connectivity index is 1.71. The van der Waals surface area contributed by atoms with Crippen LogP contribution in [0.25, 0.3) is 0 Å². The Morgan fingerprint density at radius 3 is 2.78 bits per heavy atom. The third-order valence-corrected chi connectivity index (χ3v) is 3.90. The van der Waals surface area contributed by atoms with Crippen molar-refractivity contribution in [3.8, 4) is 0 Å². The monoisotopic (exact) mass is 328 g/mol. The van der Waals surface area contributed by atoms with E-state index in [2.05, 4.69) is 5.32 Å². The van der Waals surface area contributed by atoms with Gasteiger partial charge in [-0.25, -0.2) is 0 Å². The molecule has 1 unspecified atom stereocenters. The van der Waals surface area contributed by atoms with Gasteiger partial charge < -0.3 is 10.1 Å². The topological polar surface area (TPSA) is 58.6 Å². The molecule has 124 valence electrons. The Morgan fingerprint density at radius 2 is 2.04 bits per heavy atom.